The van der Waals surface area contributed by atoms with Crippen molar-refractivity contribution in [3.8, 4) is 5.75 Å². The Morgan fingerprint density at radius 3 is 2.60 bits per heavy atom. The van der Waals surface area contributed by atoms with Gasteiger partial charge in [-0.1, -0.05) is 37.4 Å². The zero-order valence-corrected chi connectivity index (χ0v) is 11.6. The van der Waals surface area contributed by atoms with Crippen molar-refractivity contribution < 1.29 is 5.11 Å². The lowest BCUT2D eigenvalue weighted by Gasteiger charge is -2.15. The Morgan fingerprint density at radius 1 is 1.53 bits per heavy atom. The van der Waals surface area contributed by atoms with E-state index in [9.17, 15) is 5.11 Å². The van der Waals surface area contributed by atoms with Crippen LogP contribution in [-0.4, -0.2) is 5.11 Å². The number of aromatic hydroxyl groups is 1. The van der Waals surface area contributed by atoms with Gasteiger partial charge in [-0.3, -0.25) is 0 Å². The molecule has 1 rings (SSSR count). The highest BCUT2D eigenvalue weighted by atomic mass is 79.9. The first-order chi connectivity index (χ1) is 6.91. The second-order valence-corrected chi connectivity index (χ2v) is 5.36. The smallest absolute Gasteiger partial charge is 0.122 e. The van der Waals surface area contributed by atoms with E-state index < -0.39 is 0 Å². The number of rotatable bonds is 3. The van der Waals surface area contributed by atoms with Crippen molar-refractivity contribution >= 4 is 31.9 Å². The number of phenols is 1. The molecule has 2 nitrogen and oxygen atoms in total. The van der Waals surface area contributed by atoms with Crippen molar-refractivity contribution in [3.63, 3.8) is 0 Å². The number of benzene rings is 1. The molecule has 0 aromatic heterocycles. The van der Waals surface area contributed by atoms with Gasteiger partial charge >= 0.3 is 0 Å². The van der Waals surface area contributed by atoms with Crippen LogP contribution in [0, 0.1) is 0 Å². The van der Waals surface area contributed by atoms with Crippen LogP contribution in [0.1, 0.15) is 24.9 Å². The fourth-order valence-electron chi connectivity index (χ4n) is 1.42. The van der Waals surface area contributed by atoms with E-state index in [-0.39, 0.29) is 11.8 Å². The van der Waals surface area contributed by atoms with Gasteiger partial charge in [0.15, 0.2) is 0 Å². The van der Waals surface area contributed by atoms with Gasteiger partial charge in [0.2, 0.25) is 0 Å². The van der Waals surface area contributed by atoms with Gasteiger partial charge in [-0.15, -0.1) is 6.58 Å². The molecule has 82 valence electrons. The highest BCUT2D eigenvalue weighted by Gasteiger charge is 2.15. The number of nitrogens with two attached hydrogens (primary N) is 1. The van der Waals surface area contributed by atoms with E-state index in [0.717, 1.165) is 20.1 Å². The Kier molecular flexibility index (Phi) is 4.37. The second kappa shape index (κ2) is 5.14. The first-order valence-corrected chi connectivity index (χ1v) is 6.08. The maximum absolute atomic E-state index is 9.79. The van der Waals surface area contributed by atoms with Crippen LogP contribution in [0.3, 0.4) is 0 Å². The molecule has 0 radical (unpaired) electrons. The zero-order chi connectivity index (χ0) is 11.6. The number of phenolic OH excluding ortho intramolecular Hbond substituents is 1. The van der Waals surface area contributed by atoms with E-state index in [0.29, 0.717) is 6.42 Å². The minimum absolute atomic E-state index is 0.199. The van der Waals surface area contributed by atoms with Gasteiger partial charge in [0.25, 0.3) is 0 Å². The maximum atomic E-state index is 9.79. The highest BCUT2D eigenvalue weighted by molar-refractivity contribution is 9.11. The van der Waals surface area contributed by atoms with Crippen LogP contribution >= 0.6 is 31.9 Å². The molecule has 1 aromatic rings. The van der Waals surface area contributed by atoms with Crippen molar-refractivity contribution in [1.29, 1.82) is 0 Å². The van der Waals surface area contributed by atoms with E-state index in [1.54, 1.807) is 6.07 Å². The summed E-state index contributed by atoms with van der Waals surface area (Å²) in [4.78, 5) is 0. The van der Waals surface area contributed by atoms with Crippen LogP contribution in [0.15, 0.2) is 33.2 Å². The third-order valence-corrected chi connectivity index (χ3v) is 3.13. The molecule has 0 spiro atoms. The fourth-order valence-corrected chi connectivity index (χ4v) is 2.91. The lowest BCUT2D eigenvalue weighted by Crippen LogP contribution is -2.11. The fraction of sp³-hybridized carbons (Fsp3) is 0.273. The predicted octanol–water partition coefficient (Wildman–Crippen LogP) is 3.88. The minimum atomic E-state index is -0.232. The predicted molar refractivity (Wildman–Crippen MR) is 69.9 cm³/mol. The molecule has 0 aliphatic carbocycles. The summed E-state index contributed by atoms with van der Waals surface area (Å²) in [6, 6.07) is 3.27. The van der Waals surface area contributed by atoms with E-state index in [2.05, 4.69) is 38.4 Å². The Balaban J connectivity index is 3.08. The molecule has 0 saturated carbocycles. The van der Waals surface area contributed by atoms with Gasteiger partial charge in [0, 0.05) is 20.6 Å². The van der Waals surface area contributed by atoms with Crippen molar-refractivity contribution in [1.82, 2.24) is 0 Å². The summed E-state index contributed by atoms with van der Waals surface area (Å²) in [5.74, 6) is 0.199. The molecule has 15 heavy (non-hydrogen) atoms. The summed E-state index contributed by atoms with van der Waals surface area (Å²) in [6.07, 6.45) is 0.661. The van der Waals surface area contributed by atoms with Crippen LogP contribution in [0.5, 0.6) is 5.75 Å². The summed E-state index contributed by atoms with van der Waals surface area (Å²) < 4.78 is 1.63. The molecule has 4 heteroatoms. The SMILES string of the molecule is C=C(C)C[C@@H](N)c1c(O)cc(Br)cc1Br. The molecule has 0 bridgehead atoms. The number of hydrogen-bond acceptors (Lipinski definition) is 2. The van der Waals surface area contributed by atoms with Crippen LogP contribution in [-0.2, 0) is 0 Å². The molecule has 1 aromatic carbocycles. The van der Waals surface area contributed by atoms with Crippen LogP contribution in [0.2, 0.25) is 0 Å². The molecule has 1 atom stereocenters. The van der Waals surface area contributed by atoms with Crippen molar-refractivity contribution in [2.45, 2.75) is 19.4 Å². The Morgan fingerprint density at radius 2 is 2.13 bits per heavy atom. The summed E-state index contributed by atoms with van der Waals surface area (Å²) in [5, 5.41) is 9.79. The lowest BCUT2D eigenvalue weighted by molar-refractivity contribution is 0.460. The molecule has 0 amide bonds. The quantitative estimate of drug-likeness (QED) is 0.824. The van der Waals surface area contributed by atoms with Crippen LogP contribution in [0.25, 0.3) is 0 Å². The normalized spacial score (nSPS) is 12.5. The topological polar surface area (TPSA) is 46.2 Å². The number of hydrogen-bond donors (Lipinski definition) is 2. The summed E-state index contributed by atoms with van der Waals surface area (Å²) in [6.45, 7) is 5.73. The lowest BCUT2D eigenvalue weighted by atomic mass is 10.0. The van der Waals surface area contributed by atoms with E-state index in [4.69, 9.17) is 5.73 Å². The van der Waals surface area contributed by atoms with Gasteiger partial charge in [0.05, 0.1) is 0 Å². The van der Waals surface area contributed by atoms with E-state index in [1.165, 1.54) is 0 Å². The molecule has 0 unspecified atom stereocenters. The average Bonchev–Trinajstić information content (AvgIpc) is 1.99. The van der Waals surface area contributed by atoms with Crippen LogP contribution < -0.4 is 5.73 Å². The standard InChI is InChI=1S/C11H13Br2NO/c1-6(2)3-9(14)11-8(13)4-7(12)5-10(11)15/h4-5,9,15H,1,3,14H2,2H3/t9-/m1/s1. The third kappa shape index (κ3) is 3.33. The Labute approximate surface area is 106 Å². The Hall–Kier alpha value is -0.320. The van der Waals surface area contributed by atoms with Crippen molar-refractivity contribution in [2.75, 3.05) is 0 Å². The molecule has 3 N–H and O–H groups in total. The molecular weight excluding hydrogens is 322 g/mol. The van der Waals surface area contributed by atoms with Crippen molar-refractivity contribution in [3.05, 3.63) is 38.8 Å². The molecular formula is C11H13Br2NO. The molecule has 0 fully saturated rings. The van der Waals surface area contributed by atoms with Gasteiger partial charge in [-0.2, -0.15) is 0 Å². The average molecular weight is 335 g/mol. The monoisotopic (exact) mass is 333 g/mol. The summed E-state index contributed by atoms with van der Waals surface area (Å²) in [5.41, 5.74) is 7.70. The van der Waals surface area contributed by atoms with Gasteiger partial charge < -0.3 is 10.8 Å². The first-order valence-electron chi connectivity index (χ1n) is 4.49. The van der Waals surface area contributed by atoms with E-state index >= 15 is 0 Å². The zero-order valence-electron chi connectivity index (χ0n) is 8.43. The molecule has 0 heterocycles. The number of halogens is 2. The molecule has 0 aliphatic rings. The highest BCUT2D eigenvalue weighted by Crippen LogP contribution is 2.35. The molecule has 0 saturated heterocycles. The molecule has 0 aliphatic heterocycles. The van der Waals surface area contributed by atoms with Gasteiger partial charge in [0.1, 0.15) is 5.75 Å². The summed E-state index contributed by atoms with van der Waals surface area (Å²) in [7, 11) is 0. The second-order valence-electron chi connectivity index (χ2n) is 3.59. The maximum Gasteiger partial charge on any atom is 0.122 e. The minimum Gasteiger partial charge on any atom is -0.508 e. The third-order valence-electron chi connectivity index (χ3n) is 2.01. The van der Waals surface area contributed by atoms with E-state index in [1.807, 2.05) is 13.0 Å². The first kappa shape index (κ1) is 12.7. The Bertz CT molecular complexity index is 367. The van der Waals surface area contributed by atoms with Crippen LogP contribution in [0.4, 0.5) is 0 Å². The van der Waals surface area contributed by atoms with Gasteiger partial charge in [-0.25, -0.2) is 0 Å². The van der Waals surface area contributed by atoms with Crippen molar-refractivity contribution in [2.24, 2.45) is 5.73 Å². The van der Waals surface area contributed by atoms with Gasteiger partial charge in [-0.05, 0) is 25.5 Å². The largest absolute Gasteiger partial charge is 0.508 e. The summed E-state index contributed by atoms with van der Waals surface area (Å²) >= 11 is 6.69.